The van der Waals surface area contributed by atoms with Gasteiger partial charge in [0.2, 0.25) is 0 Å². The van der Waals surface area contributed by atoms with Crippen LogP contribution >= 0.6 is 0 Å². The van der Waals surface area contributed by atoms with Crippen molar-refractivity contribution in [3.63, 3.8) is 0 Å². The summed E-state index contributed by atoms with van der Waals surface area (Å²) in [6.45, 7) is 4.92. The molecule has 0 aliphatic heterocycles. The summed E-state index contributed by atoms with van der Waals surface area (Å²) in [6.07, 6.45) is -1.61. The van der Waals surface area contributed by atoms with Crippen molar-refractivity contribution in [1.82, 2.24) is 0 Å². The van der Waals surface area contributed by atoms with Crippen LogP contribution < -0.4 is 5.73 Å². The zero-order chi connectivity index (χ0) is 10.5. The minimum atomic E-state index is -0.820. The molecule has 2 unspecified atom stereocenters. The van der Waals surface area contributed by atoms with Crippen molar-refractivity contribution in [2.45, 2.75) is 38.9 Å². The van der Waals surface area contributed by atoms with E-state index in [0.29, 0.717) is 0 Å². The van der Waals surface area contributed by atoms with E-state index >= 15 is 0 Å². The van der Waals surface area contributed by atoms with E-state index in [9.17, 15) is 0 Å². The Morgan fingerprint density at radius 3 is 2.08 bits per heavy atom. The number of hydrogen-bond donors (Lipinski definition) is 3. The molecule has 0 saturated carbocycles. The van der Waals surface area contributed by atoms with Crippen molar-refractivity contribution in [3.05, 3.63) is 0 Å². The van der Waals surface area contributed by atoms with Crippen molar-refractivity contribution in [1.29, 1.82) is 0 Å². The van der Waals surface area contributed by atoms with Gasteiger partial charge < -0.3 is 25.4 Å². The molecule has 0 radical (unpaired) electrons. The average Bonchev–Trinajstić information content (AvgIpc) is 2.00. The molecule has 0 aromatic rings. The first kappa shape index (κ1) is 12.8. The Hall–Kier alpha value is -0.200. The Kier molecular flexibility index (Phi) is 5.43. The lowest BCUT2D eigenvalue weighted by Crippen LogP contribution is -2.39. The van der Waals surface area contributed by atoms with Gasteiger partial charge in [0.1, 0.15) is 6.23 Å². The van der Waals surface area contributed by atoms with Crippen molar-refractivity contribution < 1.29 is 19.7 Å². The number of rotatable bonds is 5. The first-order chi connectivity index (χ1) is 5.89. The fourth-order valence-corrected chi connectivity index (χ4v) is 0.740. The fraction of sp³-hybridized carbons (Fsp3) is 1.00. The van der Waals surface area contributed by atoms with Crippen LogP contribution in [0.4, 0.5) is 0 Å². The third-order valence-corrected chi connectivity index (χ3v) is 1.14. The second-order valence-corrected chi connectivity index (χ2v) is 3.70. The molecule has 0 fully saturated rings. The van der Waals surface area contributed by atoms with Crippen LogP contribution in [-0.2, 0) is 9.47 Å². The van der Waals surface area contributed by atoms with Gasteiger partial charge in [-0.05, 0) is 20.8 Å². The summed E-state index contributed by atoms with van der Waals surface area (Å²) >= 11 is 0. The van der Waals surface area contributed by atoms with Crippen LogP contribution in [0.5, 0.6) is 0 Å². The molecule has 5 nitrogen and oxygen atoms in total. The Balaban J connectivity index is 3.89. The van der Waals surface area contributed by atoms with Crippen molar-refractivity contribution in [3.8, 4) is 0 Å². The minimum Gasteiger partial charge on any atom is -0.392 e. The highest BCUT2D eigenvalue weighted by Crippen LogP contribution is 2.11. The molecule has 80 valence electrons. The first-order valence-corrected chi connectivity index (χ1v) is 4.19. The average molecular weight is 193 g/mol. The van der Waals surface area contributed by atoms with Crippen molar-refractivity contribution >= 4 is 0 Å². The Morgan fingerprint density at radius 2 is 1.77 bits per heavy atom. The number of ether oxygens (including phenoxy) is 2. The molecule has 0 aromatic carbocycles. The summed E-state index contributed by atoms with van der Waals surface area (Å²) in [5, 5.41) is 17.4. The number of aliphatic hydroxyl groups excluding tert-OH is 2. The molecule has 0 aliphatic carbocycles. The third kappa shape index (κ3) is 6.92. The van der Waals surface area contributed by atoms with Crippen LogP contribution in [0.25, 0.3) is 0 Å². The highest BCUT2D eigenvalue weighted by atomic mass is 16.7. The molecular weight excluding hydrogens is 174 g/mol. The molecule has 0 heterocycles. The van der Waals surface area contributed by atoms with Gasteiger partial charge in [0, 0.05) is 0 Å². The maximum atomic E-state index is 8.85. The van der Waals surface area contributed by atoms with Gasteiger partial charge in [-0.3, -0.25) is 0 Å². The summed E-state index contributed by atoms with van der Waals surface area (Å²) in [7, 11) is 0. The molecule has 0 amide bonds. The van der Waals surface area contributed by atoms with Crippen LogP contribution in [0.15, 0.2) is 0 Å². The molecule has 0 spiro atoms. The van der Waals surface area contributed by atoms with E-state index in [0.717, 1.165) is 0 Å². The van der Waals surface area contributed by atoms with E-state index in [1.165, 1.54) is 0 Å². The highest BCUT2D eigenvalue weighted by molar-refractivity contribution is 4.61. The Labute approximate surface area is 78.4 Å². The van der Waals surface area contributed by atoms with Crippen LogP contribution in [0.2, 0.25) is 0 Å². The molecular formula is C8H19NO4. The van der Waals surface area contributed by atoms with E-state index < -0.39 is 18.1 Å². The predicted molar refractivity (Wildman–Crippen MR) is 47.9 cm³/mol. The molecule has 0 aromatic heterocycles. The van der Waals surface area contributed by atoms with Crippen LogP contribution in [0.1, 0.15) is 20.8 Å². The maximum Gasteiger partial charge on any atom is 0.183 e. The monoisotopic (exact) mass is 193 g/mol. The zero-order valence-electron chi connectivity index (χ0n) is 8.36. The minimum absolute atomic E-state index is 0.287. The first-order valence-electron chi connectivity index (χ1n) is 4.19. The molecule has 13 heavy (non-hydrogen) atoms. The second kappa shape index (κ2) is 5.51. The van der Waals surface area contributed by atoms with Gasteiger partial charge >= 0.3 is 0 Å². The molecule has 5 heteroatoms. The van der Waals surface area contributed by atoms with Crippen molar-refractivity contribution in [2.24, 2.45) is 5.73 Å². The van der Waals surface area contributed by atoms with Gasteiger partial charge in [-0.15, -0.1) is 0 Å². The van der Waals surface area contributed by atoms with E-state index in [4.69, 9.17) is 25.4 Å². The van der Waals surface area contributed by atoms with E-state index in [-0.39, 0.29) is 13.2 Å². The molecule has 0 aliphatic rings. The van der Waals surface area contributed by atoms with E-state index in [1.54, 1.807) is 0 Å². The lowest BCUT2D eigenvalue weighted by molar-refractivity contribution is -0.232. The number of nitrogens with two attached hydrogens (primary N) is 1. The zero-order valence-corrected chi connectivity index (χ0v) is 8.36. The topological polar surface area (TPSA) is 84.9 Å². The molecule has 2 atom stereocenters. The molecule has 4 N–H and O–H groups in total. The van der Waals surface area contributed by atoms with E-state index in [2.05, 4.69) is 0 Å². The maximum absolute atomic E-state index is 8.85. The summed E-state index contributed by atoms with van der Waals surface area (Å²) < 4.78 is 10.3. The van der Waals surface area contributed by atoms with Gasteiger partial charge in [-0.2, -0.15) is 0 Å². The lowest BCUT2D eigenvalue weighted by Gasteiger charge is -2.27. The lowest BCUT2D eigenvalue weighted by atomic mass is 10.2. The van der Waals surface area contributed by atoms with Crippen LogP contribution in [-0.4, -0.2) is 41.5 Å². The number of aliphatic hydroxyl groups is 2. The van der Waals surface area contributed by atoms with E-state index in [1.807, 2.05) is 20.8 Å². The smallest absolute Gasteiger partial charge is 0.183 e. The quantitative estimate of drug-likeness (QED) is 0.508. The molecule has 0 bridgehead atoms. The third-order valence-electron chi connectivity index (χ3n) is 1.14. The van der Waals surface area contributed by atoms with Gasteiger partial charge in [0.15, 0.2) is 6.29 Å². The Morgan fingerprint density at radius 1 is 1.23 bits per heavy atom. The standard InChI is InChI=1S/C8H19NO4/c1-8(2,3)13-7(5-11)12-6(9)4-10/h6-7,10-11H,4-5,9H2,1-3H3. The summed E-state index contributed by atoms with van der Waals surface area (Å²) in [4.78, 5) is 0. The SMILES string of the molecule is CC(C)(C)OC(CO)OC(N)CO. The van der Waals surface area contributed by atoms with Gasteiger partial charge in [-0.1, -0.05) is 0 Å². The van der Waals surface area contributed by atoms with Gasteiger partial charge in [0.25, 0.3) is 0 Å². The Bertz CT molecular complexity index is 135. The summed E-state index contributed by atoms with van der Waals surface area (Å²) in [5.41, 5.74) is 4.89. The van der Waals surface area contributed by atoms with Crippen LogP contribution in [0, 0.1) is 0 Å². The van der Waals surface area contributed by atoms with Gasteiger partial charge in [0.05, 0.1) is 18.8 Å². The molecule has 0 saturated heterocycles. The highest BCUT2D eigenvalue weighted by Gasteiger charge is 2.20. The van der Waals surface area contributed by atoms with Crippen LogP contribution in [0.3, 0.4) is 0 Å². The van der Waals surface area contributed by atoms with Gasteiger partial charge in [-0.25, -0.2) is 0 Å². The largest absolute Gasteiger partial charge is 0.392 e. The number of hydrogen-bond acceptors (Lipinski definition) is 5. The summed E-state index contributed by atoms with van der Waals surface area (Å²) in [5.74, 6) is 0. The second-order valence-electron chi connectivity index (χ2n) is 3.70. The molecule has 0 rings (SSSR count). The fourth-order valence-electron chi connectivity index (χ4n) is 0.740. The normalized spacial score (nSPS) is 17.1. The van der Waals surface area contributed by atoms with Crippen molar-refractivity contribution in [2.75, 3.05) is 13.2 Å². The summed E-state index contributed by atoms with van der Waals surface area (Å²) in [6, 6.07) is 0. The predicted octanol–water partition coefficient (Wildman–Crippen LogP) is -0.586.